The van der Waals surface area contributed by atoms with Crippen LogP contribution in [0.1, 0.15) is 24.2 Å². The summed E-state index contributed by atoms with van der Waals surface area (Å²) < 4.78 is 33.7. The zero-order valence-electron chi connectivity index (χ0n) is 11.9. The number of carboxylic acid groups (broad SMARTS) is 1. The highest BCUT2D eigenvalue weighted by Gasteiger charge is 2.31. The van der Waals surface area contributed by atoms with Crippen molar-refractivity contribution in [2.24, 2.45) is 5.92 Å². The Morgan fingerprint density at radius 3 is 2.81 bits per heavy atom. The highest BCUT2D eigenvalue weighted by atomic mass is 32.2. The second-order valence-corrected chi connectivity index (χ2v) is 6.81. The van der Waals surface area contributed by atoms with Gasteiger partial charge in [-0.15, -0.1) is 0 Å². The van der Waals surface area contributed by atoms with Crippen LogP contribution in [0.2, 0.25) is 0 Å². The Hall–Kier alpha value is -1.80. The maximum absolute atomic E-state index is 12.3. The summed E-state index contributed by atoms with van der Waals surface area (Å²) in [6, 6.07) is 4.43. The summed E-state index contributed by atoms with van der Waals surface area (Å²) in [7, 11) is -3.72. The normalized spacial score (nSPS) is 14.7. The molecule has 1 heterocycles. The molecule has 0 spiro atoms. The van der Waals surface area contributed by atoms with Gasteiger partial charge in [0.1, 0.15) is 12.2 Å². The number of carboxylic acids is 1. The van der Waals surface area contributed by atoms with Crippen LogP contribution < -0.4 is 13.8 Å². The van der Waals surface area contributed by atoms with Gasteiger partial charge in [0, 0.05) is 6.54 Å². The second kappa shape index (κ2) is 5.90. The summed E-state index contributed by atoms with van der Waals surface area (Å²) in [5, 5.41) is 9.14. The van der Waals surface area contributed by atoms with Crippen LogP contribution in [0.15, 0.2) is 18.2 Å². The number of rotatable bonds is 5. The van der Waals surface area contributed by atoms with Gasteiger partial charge >= 0.3 is 16.2 Å². The monoisotopic (exact) mass is 314 g/mol. The quantitative estimate of drug-likeness (QED) is 0.847. The molecule has 21 heavy (non-hydrogen) atoms. The molecule has 1 aliphatic rings. The largest absolute Gasteiger partial charge is 0.489 e. The minimum absolute atomic E-state index is 0.0451. The number of anilines is 1. The molecule has 0 aliphatic carbocycles. The van der Waals surface area contributed by atoms with E-state index in [9.17, 15) is 13.2 Å². The van der Waals surface area contributed by atoms with E-state index < -0.39 is 16.2 Å². The Labute approximate surface area is 123 Å². The molecule has 0 unspecified atom stereocenters. The van der Waals surface area contributed by atoms with Crippen LogP contribution in [0.25, 0.3) is 0 Å². The average molecular weight is 314 g/mol. The van der Waals surface area contributed by atoms with E-state index in [0.29, 0.717) is 6.54 Å². The van der Waals surface area contributed by atoms with E-state index >= 15 is 0 Å². The van der Waals surface area contributed by atoms with Crippen LogP contribution in [0, 0.1) is 5.92 Å². The lowest BCUT2D eigenvalue weighted by Gasteiger charge is -2.31. The number of carbonyl (C=O) groups is 1. The summed E-state index contributed by atoms with van der Waals surface area (Å²) in [5.74, 6) is -0.891. The van der Waals surface area contributed by atoms with Crippen molar-refractivity contribution < 1.29 is 23.1 Å². The Bertz CT molecular complexity index is 642. The van der Waals surface area contributed by atoms with Gasteiger partial charge in [0.05, 0.1) is 12.2 Å². The first kappa shape index (κ1) is 15.6. The molecule has 7 nitrogen and oxygen atoms in total. The van der Waals surface area contributed by atoms with Crippen LogP contribution in [-0.2, 0) is 10.2 Å². The summed E-state index contributed by atoms with van der Waals surface area (Å²) in [6.07, 6.45) is 0. The molecular weight excluding hydrogens is 296 g/mol. The van der Waals surface area contributed by atoms with Crippen LogP contribution in [0.5, 0.6) is 5.75 Å². The van der Waals surface area contributed by atoms with Crippen molar-refractivity contribution in [3.05, 3.63) is 23.8 Å². The van der Waals surface area contributed by atoms with Gasteiger partial charge in [-0.3, -0.25) is 4.31 Å². The summed E-state index contributed by atoms with van der Waals surface area (Å²) in [4.78, 5) is 11.2. The molecule has 0 amide bonds. The van der Waals surface area contributed by atoms with Crippen molar-refractivity contribution >= 4 is 21.9 Å². The molecule has 0 bridgehead atoms. The fourth-order valence-corrected chi connectivity index (χ4v) is 3.41. The number of aromatic carboxylic acids is 1. The zero-order valence-corrected chi connectivity index (χ0v) is 12.7. The van der Waals surface area contributed by atoms with E-state index in [0.717, 1.165) is 4.31 Å². The van der Waals surface area contributed by atoms with E-state index in [1.807, 2.05) is 13.8 Å². The topological polar surface area (TPSA) is 95.9 Å². The standard InChI is InChI=1S/C13H18N2O5S/c1-9(2)8-14-21(18,19)15-6-7-20-12-10(13(16)17)4-3-5-11(12)15/h3-5,9,14H,6-8H2,1-2H3,(H,16,17). The molecule has 116 valence electrons. The lowest BCUT2D eigenvalue weighted by molar-refractivity contribution is 0.0692. The van der Waals surface area contributed by atoms with Gasteiger partial charge in [-0.25, -0.2) is 4.79 Å². The molecule has 0 saturated heterocycles. The highest BCUT2D eigenvalue weighted by molar-refractivity contribution is 7.90. The summed E-state index contributed by atoms with van der Waals surface area (Å²) >= 11 is 0. The number of ether oxygens (including phenoxy) is 1. The molecule has 0 atom stereocenters. The third-order valence-electron chi connectivity index (χ3n) is 3.00. The predicted octanol–water partition coefficient (Wildman–Crippen LogP) is 1.07. The Kier molecular flexibility index (Phi) is 4.38. The number of para-hydroxylation sites is 1. The fourth-order valence-electron chi connectivity index (χ4n) is 1.99. The molecular formula is C13H18N2O5S. The number of hydrogen-bond donors (Lipinski definition) is 2. The number of hydrogen-bond acceptors (Lipinski definition) is 4. The highest BCUT2D eigenvalue weighted by Crippen LogP contribution is 2.36. The van der Waals surface area contributed by atoms with Crippen LogP contribution in [0.3, 0.4) is 0 Å². The van der Waals surface area contributed by atoms with Gasteiger partial charge in [0.15, 0.2) is 5.75 Å². The van der Waals surface area contributed by atoms with Crippen molar-refractivity contribution in [3.8, 4) is 5.75 Å². The number of benzene rings is 1. The first-order valence-electron chi connectivity index (χ1n) is 6.59. The Balaban J connectivity index is 2.39. The minimum atomic E-state index is -3.72. The third-order valence-corrected chi connectivity index (χ3v) is 4.49. The molecule has 2 rings (SSSR count). The van der Waals surface area contributed by atoms with Crippen molar-refractivity contribution in [2.75, 3.05) is 24.0 Å². The summed E-state index contributed by atoms with van der Waals surface area (Å²) in [6.45, 7) is 4.37. The lowest BCUT2D eigenvalue weighted by atomic mass is 10.1. The molecule has 0 radical (unpaired) electrons. The van der Waals surface area contributed by atoms with Crippen LogP contribution in [0.4, 0.5) is 5.69 Å². The first-order valence-corrected chi connectivity index (χ1v) is 8.03. The molecule has 8 heteroatoms. The molecule has 1 aromatic rings. The first-order chi connectivity index (χ1) is 9.83. The Morgan fingerprint density at radius 1 is 1.48 bits per heavy atom. The number of nitrogens with one attached hydrogen (secondary N) is 1. The number of nitrogens with zero attached hydrogens (tertiary/aromatic N) is 1. The van der Waals surface area contributed by atoms with E-state index in [1.54, 1.807) is 0 Å². The van der Waals surface area contributed by atoms with Gasteiger partial charge in [-0.05, 0) is 18.1 Å². The van der Waals surface area contributed by atoms with Gasteiger partial charge < -0.3 is 9.84 Å². The summed E-state index contributed by atoms with van der Waals surface area (Å²) in [5.41, 5.74) is 0.202. The second-order valence-electron chi connectivity index (χ2n) is 5.13. The minimum Gasteiger partial charge on any atom is -0.489 e. The molecule has 2 N–H and O–H groups in total. The van der Waals surface area contributed by atoms with E-state index in [4.69, 9.17) is 9.84 Å². The molecule has 0 aromatic heterocycles. The molecule has 1 aliphatic heterocycles. The SMILES string of the molecule is CC(C)CNS(=O)(=O)N1CCOc2c(C(=O)O)cccc21. The predicted molar refractivity (Wildman–Crippen MR) is 78.0 cm³/mol. The van der Waals surface area contributed by atoms with Gasteiger partial charge in [-0.2, -0.15) is 13.1 Å². The maximum Gasteiger partial charge on any atom is 0.339 e. The van der Waals surface area contributed by atoms with Crippen molar-refractivity contribution in [1.82, 2.24) is 4.72 Å². The van der Waals surface area contributed by atoms with E-state index in [2.05, 4.69) is 4.72 Å². The van der Waals surface area contributed by atoms with Gasteiger partial charge in [0.25, 0.3) is 0 Å². The van der Waals surface area contributed by atoms with Gasteiger partial charge in [-0.1, -0.05) is 19.9 Å². The van der Waals surface area contributed by atoms with Crippen LogP contribution in [-0.4, -0.2) is 39.2 Å². The van der Waals surface area contributed by atoms with Crippen molar-refractivity contribution in [1.29, 1.82) is 0 Å². The molecule has 0 saturated carbocycles. The Morgan fingerprint density at radius 2 is 2.19 bits per heavy atom. The third kappa shape index (κ3) is 3.27. The van der Waals surface area contributed by atoms with Crippen molar-refractivity contribution in [2.45, 2.75) is 13.8 Å². The van der Waals surface area contributed by atoms with Crippen LogP contribution >= 0.6 is 0 Å². The van der Waals surface area contributed by atoms with E-state index in [1.165, 1.54) is 18.2 Å². The smallest absolute Gasteiger partial charge is 0.339 e. The molecule has 0 fully saturated rings. The lowest BCUT2D eigenvalue weighted by Crippen LogP contribution is -2.46. The number of fused-ring (bicyclic) bond motifs is 1. The van der Waals surface area contributed by atoms with Crippen molar-refractivity contribution in [3.63, 3.8) is 0 Å². The molecule has 1 aromatic carbocycles. The van der Waals surface area contributed by atoms with Gasteiger partial charge in [0.2, 0.25) is 0 Å². The zero-order chi connectivity index (χ0) is 15.6. The average Bonchev–Trinajstić information content (AvgIpc) is 2.43. The fraction of sp³-hybridized carbons (Fsp3) is 0.462. The maximum atomic E-state index is 12.3. The van der Waals surface area contributed by atoms with E-state index in [-0.39, 0.29) is 36.1 Å².